The molecule has 1 heterocycles. The third kappa shape index (κ3) is 1.96. The Labute approximate surface area is 107 Å². The molecule has 4 rings (SSSR count). The van der Waals surface area contributed by atoms with Crippen LogP contribution in [0.25, 0.3) is 10.9 Å². The number of pyridine rings is 1. The smallest absolute Gasteiger partial charge is 0.0703 e. The molecule has 2 aromatic rings. The van der Waals surface area contributed by atoms with Crippen LogP contribution in [0.5, 0.6) is 0 Å². The number of rotatable bonds is 4. The van der Waals surface area contributed by atoms with Gasteiger partial charge in [-0.05, 0) is 61.8 Å². The van der Waals surface area contributed by atoms with Crippen LogP contribution in [0, 0.1) is 11.8 Å². The first-order valence-electron chi connectivity index (χ1n) is 7.01. The highest BCUT2D eigenvalue weighted by Gasteiger charge is 2.41. The molecule has 2 saturated carbocycles. The molecule has 1 aromatic heterocycles. The van der Waals surface area contributed by atoms with Gasteiger partial charge < -0.3 is 5.32 Å². The number of benzene rings is 1. The number of aromatic nitrogens is 1. The molecular weight excluding hydrogens is 220 g/mol. The SMILES string of the molecule is c1cnc2ccc(NC(C3CC3)C3CC3)cc2c1. The highest BCUT2D eigenvalue weighted by Crippen LogP contribution is 2.45. The molecule has 0 saturated heterocycles. The molecule has 0 atom stereocenters. The lowest BCUT2D eigenvalue weighted by Gasteiger charge is -2.19. The number of hydrogen-bond acceptors (Lipinski definition) is 2. The molecular formula is C16H18N2. The van der Waals surface area contributed by atoms with Crippen LogP contribution in [-0.4, -0.2) is 11.0 Å². The molecule has 2 aliphatic carbocycles. The highest BCUT2D eigenvalue weighted by atomic mass is 15.0. The van der Waals surface area contributed by atoms with E-state index in [1.54, 1.807) is 0 Å². The molecule has 2 aliphatic rings. The predicted octanol–water partition coefficient (Wildman–Crippen LogP) is 3.84. The minimum absolute atomic E-state index is 0.721. The third-order valence-corrected chi connectivity index (χ3v) is 4.20. The molecule has 2 nitrogen and oxygen atoms in total. The van der Waals surface area contributed by atoms with Crippen molar-refractivity contribution in [3.63, 3.8) is 0 Å². The van der Waals surface area contributed by atoms with Crippen LogP contribution in [0.3, 0.4) is 0 Å². The van der Waals surface area contributed by atoms with E-state index in [0.29, 0.717) is 0 Å². The summed E-state index contributed by atoms with van der Waals surface area (Å²) in [4.78, 5) is 4.37. The molecule has 2 fully saturated rings. The van der Waals surface area contributed by atoms with Crippen molar-refractivity contribution in [2.75, 3.05) is 5.32 Å². The van der Waals surface area contributed by atoms with Gasteiger partial charge in [-0.3, -0.25) is 4.98 Å². The zero-order valence-corrected chi connectivity index (χ0v) is 10.5. The first-order chi connectivity index (χ1) is 8.90. The van der Waals surface area contributed by atoms with Gasteiger partial charge in [-0.25, -0.2) is 0 Å². The van der Waals surface area contributed by atoms with Crippen molar-refractivity contribution in [1.29, 1.82) is 0 Å². The molecule has 0 aliphatic heterocycles. The number of anilines is 1. The number of fused-ring (bicyclic) bond motifs is 1. The molecule has 92 valence electrons. The second-order valence-corrected chi connectivity index (χ2v) is 5.76. The van der Waals surface area contributed by atoms with Crippen molar-refractivity contribution in [2.24, 2.45) is 11.8 Å². The fourth-order valence-corrected chi connectivity index (χ4v) is 2.89. The van der Waals surface area contributed by atoms with Crippen molar-refractivity contribution in [3.05, 3.63) is 36.5 Å². The van der Waals surface area contributed by atoms with Gasteiger partial charge in [0.2, 0.25) is 0 Å². The maximum Gasteiger partial charge on any atom is 0.0703 e. The van der Waals surface area contributed by atoms with Crippen molar-refractivity contribution in [1.82, 2.24) is 4.98 Å². The van der Waals surface area contributed by atoms with E-state index < -0.39 is 0 Å². The van der Waals surface area contributed by atoms with E-state index in [1.165, 1.54) is 36.8 Å². The topological polar surface area (TPSA) is 24.9 Å². The van der Waals surface area contributed by atoms with E-state index in [4.69, 9.17) is 0 Å². The summed E-state index contributed by atoms with van der Waals surface area (Å²) < 4.78 is 0. The summed E-state index contributed by atoms with van der Waals surface area (Å²) in [5, 5.41) is 5.00. The van der Waals surface area contributed by atoms with Gasteiger partial charge in [0.05, 0.1) is 5.52 Å². The zero-order valence-electron chi connectivity index (χ0n) is 10.5. The molecule has 0 amide bonds. The normalized spacial score (nSPS) is 19.4. The van der Waals surface area contributed by atoms with Gasteiger partial charge >= 0.3 is 0 Å². The van der Waals surface area contributed by atoms with Gasteiger partial charge in [-0.2, -0.15) is 0 Å². The maximum atomic E-state index is 4.37. The van der Waals surface area contributed by atoms with E-state index in [-0.39, 0.29) is 0 Å². The average Bonchev–Trinajstić information content (AvgIpc) is 3.29. The summed E-state index contributed by atoms with van der Waals surface area (Å²) in [6.07, 6.45) is 7.53. The summed E-state index contributed by atoms with van der Waals surface area (Å²) in [6.45, 7) is 0. The van der Waals surface area contributed by atoms with Crippen LogP contribution in [-0.2, 0) is 0 Å². The summed E-state index contributed by atoms with van der Waals surface area (Å²) in [5.41, 5.74) is 2.34. The number of nitrogens with one attached hydrogen (secondary N) is 1. The number of hydrogen-bond donors (Lipinski definition) is 1. The first kappa shape index (κ1) is 10.4. The minimum Gasteiger partial charge on any atom is -0.382 e. The Morgan fingerprint density at radius 2 is 1.83 bits per heavy atom. The van der Waals surface area contributed by atoms with Crippen LogP contribution in [0.1, 0.15) is 25.7 Å². The lowest BCUT2D eigenvalue weighted by Crippen LogP contribution is -2.24. The Balaban J connectivity index is 1.61. The summed E-state index contributed by atoms with van der Waals surface area (Å²) in [5.74, 6) is 1.86. The maximum absolute atomic E-state index is 4.37. The Bertz CT molecular complexity index is 558. The summed E-state index contributed by atoms with van der Waals surface area (Å²) in [6, 6.07) is 11.4. The largest absolute Gasteiger partial charge is 0.382 e. The van der Waals surface area contributed by atoms with Gasteiger partial charge in [0, 0.05) is 23.3 Å². The molecule has 18 heavy (non-hydrogen) atoms. The molecule has 0 radical (unpaired) electrons. The minimum atomic E-state index is 0.721. The zero-order chi connectivity index (χ0) is 11.9. The fourth-order valence-electron chi connectivity index (χ4n) is 2.89. The van der Waals surface area contributed by atoms with Crippen LogP contribution in [0.15, 0.2) is 36.5 Å². The molecule has 0 spiro atoms. The lowest BCUT2D eigenvalue weighted by atomic mass is 10.1. The van der Waals surface area contributed by atoms with E-state index >= 15 is 0 Å². The first-order valence-corrected chi connectivity index (χ1v) is 7.01. The highest BCUT2D eigenvalue weighted by molar-refractivity contribution is 5.82. The molecule has 1 aromatic carbocycles. The van der Waals surface area contributed by atoms with Crippen molar-refractivity contribution in [3.8, 4) is 0 Å². The van der Waals surface area contributed by atoms with Crippen LogP contribution < -0.4 is 5.32 Å². The van der Waals surface area contributed by atoms with E-state index in [0.717, 1.165) is 23.4 Å². The van der Waals surface area contributed by atoms with E-state index in [1.807, 2.05) is 12.3 Å². The Morgan fingerprint density at radius 1 is 1.06 bits per heavy atom. The van der Waals surface area contributed by atoms with Crippen molar-refractivity contribution < 1.29 is 0 Å². The van der Waals surface area contributed by atoms with Gasteiger partial charge in [0.25, 0.3) is 0 Å². The third-order valence-electron chi connectivity index (χ3n) is 4.20. The van der Waals surface area contributed by atoms with Gasteiger partial charge in [0.15, 0.2) is 0 Å². The molecule has 0 unspecified atom stereocenters. The van der Waals surface area contributed by atoms with E-state index in [2.05, 4.69) is 34.6 Å². The molecule has 0 bridgehead atoms. The van der Waals surface area contributed by atoms with Crippen LogP contribution >= 0.6 is 0 Å². The van der Waals surface area contributed by atoms with Crippen LogP contribution in [0.4, 0.5) is 5.69 Å². The van der Waals surface area contributed by atoms with Crippen LogP contribution in [0.2, 0.25) is 0 Å². The molecule has 1 N–H and O–H groups in total. The van der Waals surface area contributed by atoms with E-state index in [9.17, 15) is 0 Å². The second kappa shape index (κ2) is 3.98. The second-order valence-electron chi connectivity index (χ2n) is 5.76. The average molecular weight is 238 g/mol. The lowest BCUT2D eigenvalue weighted by molar-refractivity contribution is 0.568. The van der Waals surface area contributed by atoms with Gasteiger partial charge in [0.1, 0.15) is 0 Å². The monoisotopic (exact) mass is 238 g/mol. The standard InChI is InChI=1S/C16H18N2/c1-2-13-10-14(7-8-15(13)17-9-1)18-16(11-3-4-11)12-5-6-12/h1-2,7-12,16,18H,3-6H2. The fraction of sp³-hybridized carbons (Fsp3) is 0.438. The predicted molar refractivity (Wildman–Crippen MR) is 74.6 cm³/mol. The summed E-state index contributed by atoms with van der Waals surface area (Å²) in [7, 11) is 0. The number of nitrogens with zero attached hydrogens (tertiary/aromatic N) is 1. The molecule has 2 heteroatoms. The quantitative estimate of drug-likeness (QED) is 0.875. The van der Waals surface area contributed by atoms with Gasteiger partial charge in [-0.15, -0.1) is 0 Å². The van der Waals surface area contributed by atoms with Crippen molar-refractivity contribution in [2.45, 2.75) is 31.7 Å². The Morgan fingerprint density at radius 3 is 2.56 bits per heavy atom. The Hall–Kier alpha value is -1.57. The van der Waals surface area contributed by atoms with Crippen molar-refractivity contribution >= 4 is 16.6 Å². The summed E-state index contributed by atoms with van der Waals surface area (Å²) >= 11 is 0. The Kier molecular flexibility index (Phi) is 2.29. The van der Waals surface area contributed by atoms with Gasteiger partial charge in [-0.1, -0.05) is 6.07 Å².